The van der Waals surface area contributed by atoms with Gasteiger partial charge in [-0.05, 0) is 31.9 Å². The summed E-state index contributed by atoms with van der Waals surface area (Å²) in [4.78, 5) is 11.3. The quantitative estimate of drug-likeness (QED) is 0.617. The van der Waals surface area contributed by atoms with Gasteiger partial charge >= 0.3 is 5.97 Å². The van der Waals surface area contributed by atoms with Gasteiger partial charge in [0.15, 0.2) is 0 Å². The predicted molar refractivity (Wildman–Crippen MR) is 52.0 cm³/mol. The molecule has 0 amide bonds. The fraction of sp³-hybridized carbons (Fsp3) is 0.364. The minimum Gasteiger partial charge on any atom is -0.465 e. The highest BCUT2D eigenvalue weighted by molar-refractivity contribution is 5.92. The SMILES string of the molecule is COC(=O)c1c(C)cc(C)cc1C. The molecule has 0 unspecified atom stereocenters. The van der Waals surface area contributed by atoms with Crippen molar-refractivity contribution in [2.24, 2.45) is 0 Å². The highest BCUT2D eigenvalue weighted by atomic mass is 16.5. The summed E-state index contributed by atoms with van der Waals surface area (Å²) >= 11 is 0. The zero-order valence-corrected chi connectivity index (χ0v) is 8.47. The average Bonchev–Trinajstić information content (AvgIpc) is 2.02. The molecule has 0 atom stereocenters. The van der Waals surface area contributed by atoms with E-state index in [-0.39, 0.29) is 5.97 Å². The van der Waals surface area contributed by atoms with Gasteiger partial charge in [0.1, 0.15) is 0 Å². The summed E-state index contributed by atoms with van der Waals surface area (Å²) in [6.07, 6.45) is 0. The Hall–Kier alpha value is -1.31. The monoisotopic (exact) mass is 178 g/mol. The molecule has 0 aromatic heterocycles. The Morgan fingerprint density at radius 1 is 1.15 bits per heavy atom. The van der Waals surface area contributed by atoms with Gasteiger partial charge in [0, 0.05) is 0 Å². The van der Waals surface area contributed by atoms with Gasteiger partial charge in [0.05, 0.1) is 12.7 Å². The van der Waals surface area contributed by atoms with Crippen molar-refractivity contribution in [3.63, 3.8) is 0 Å². The molecule has 0 N–H and O–H groups in total. The lowest BCUT2D eigenvalue weighted by Crippen LogP contribution is -2.06. The number of methoxy groups -OCH3 is 1. The topological polar surface area (TPSA) is 26.3 Å². The minimum atomic E-state index is -0.255. The first-order chi connectivity index (χ1) is 6.06. The lowest BCUT2D eigenvalue weighted by atomic mass is 10.0. The predicted octanol–water partition coefficient (Wildman–Crippen LogP) is 2.40. The van der Waals surface area contributed by atoms with Crippen molar-refractivity contribution in [2.45, 2.75) is 20.8 Å². The Balaban J connectivity index is 3.28. The number of aryl methyl sites for hydroxylation is 3. The van der Waals surface area contributed by atoms with Crippen molar-refractivity contribution in [2.75, 3.05) is 7.11 Å². The van der Waals surface area contributed by atoms with E-state index < -0.39 is 0 Å². The number of hydrogen-bond acceptors (Lipinski definition) is 2. The van der Waals surface area contributed by atoms with Crippen molar-refractivity contribution in [1.82, 2.24) is 0 Å². The van der Waals surface area contributed by atoms with E-state index >= 15 is 0 Å². The van der Waals surface area contributed by atoms with E-state index in [0.717, 1.165) is 11.1 Å². The standard InChI is InChI=1S/C11H14O2/c1-7-5-8(2)10(9(3)6-7)11(12)13-4/h5-6H,1-4H3. The zero-order valence-electron chi connectivity index (χ0n) is 8.47. The molecular formula is C11H14O2. The van der Waals surface area contributed by atoms with Gasteiger partial charge in [-0.3, -0.25) is 0 Å². The van der Waals surface area contributed by atoms with Crippen LogP contribution in [0.4, 0.5) is 0 Å². The van der Waals surface area contributed by atoms with E-state index in [2.05, 4.69) is 0 Å². The highest BCUT2D eigenvalue weighted by Gasteiger charge is 2.12. The molecule has 0 heterocycles. The number of esters is 1. The van der Waals surface area contributed by atoms with Crippen LogP contribution in [0.15, 0.2) is 12.1 Å². The Kier molecular flexibility index (Phi) is 2.71. The summed E-state index contributed by atoms with van der Waals surface area (Å²) in [7, 11) is 1.40. The van der Waals surface area contributed by atoms with Crippen LogP contribution < -0.4 is 0 Å². The first kappa shape index (κ1) is 9.78. The Morgan fingerprint density at radius 3 is 2.00 bits per heavy atom. The summed E-state index contributed by atoms with van der Waals surface area (Å²) in [5.41, 5.74) is 3.81. The van der Waals surface area contributed by atoms with Crippen LogP contribution in [0, 0.1) is 20.8 Å². The van der Waals surface area contributed by atoms with Gasteiger partial charge < -0.3 is 4.74 Å². The molecule has 13 heavy (non-hydrogen) atoms. The van der Waals surface area contributed by atoms with Crippen LogP contribution in [0.3, 0.4) is 0 Å². The van der Waals surface area contributed by atoms with Crippen molar-refractivity contribution in [1.29, 1.82) is 0 Å². The molecule has 0 saturated heterocycles. The van der Waals surface area contributed by atoms with Crippen LogP contribution in [-0.4, -0.2) is 13.1 Å². The lowest BCUT2D eigenvalue weighted by molar-refractivity contribution is 0.0599. The largest absolute Gasteiger partial charge is 0.465 e. The number of hydrogen-bond donors (Lipinski definition) is 0. The van der Waals surface area contributed by atoms with Crippen molar-refractivity contribution < 1.29 is 9.53 Å². The molecule has 0 saturated carbocycles. The molecule has 0 radical (unpaired) electrons. The Labute approximate surface area is 78.5 Å². The van der Waals surface area contributed by atoms with Crippen molar-refractivity contribution in [3.8, 4) is 0 Å². The van der Waals surface area contributed by atoms with Crippen LogP contribution in [0.25, 0.3) is 0 Å². The molecule has 0 bridgehead atoms. The third kappa shape index (κ3) is 1.89. The first-order valence-corrected chi connectivity index (χ1v) is 4.22. The smallest absolute Gasteiger partial charge is 0.338 e. The van der Waals surface area contributed by atoms with Gasteiger partial charge in [-0.25, -0.2) is 4.79 Å². The van der Waals surface area contributed by atoms with Gasteiger partial charge in [-0.1, -0.05) is 17.7 Å². The number of carbonyl (C=O) groups excluding carboxylic acids is 1. The summed E-state index contributed by atoms with van der Waals surface area (Å²) in [6.45, 7) is 5.86. The Bertz CT molecular complexity index is 317. The van der Waals surface area contributed by atoms with Gasteiger partial charge in [-0.2, -0.15) is 0 Å². The highest BCUT2D eigenvalue weighted by Crippen LogP contribution is 2.16. The second-order valence-corrected chi connectivity index (χ2v) is 3.27. The second-order valence-electron chi connectivity index (χ2n) is 3.27. The van der Waals surface area contributed by atoms with Gasteiger partial charge in [0.25, 0.3) is 0 Å². The molecule has 0 aliphatic rings. The van der Waals surface area contributed by atoms with Crippen LogP contribution in [0.1, 0.15) is 27.0 Å². The molecule has 2 nitrogen and oxygen atoms in total. The van der Waals surface area contributed by atoms with Crippen molar-refractivity contribution in [3.05, 3.63) is 34.4 Å². The lowest BCUT2D eigenvalue weighted by Gasteiger charge is -2.08. The van der Waals surface area contributed by atoms with E-state index in [4.69, 9.17) is 4.74 Å². The van der Waals surface area contributed by atoms with Crippen LogP contribution in [0.5, 0.6) is 0 Å². The molecule has 0 aliphatic heterocycles. The van der Waals surface area contributed by atoms with Gasteiger partial charge in [-0.15, -0.1) is 0 Å². The van der Waals surface area contributed by atoms with E-state index in [1.807, 2.05) is 32.9 Å². The molecule has 0 fully saturated rings. The summed E-state index contributed by atoms with van der Waals surface area (Å²) in [5.74, 6) is -0.255. The van der Waals surface area contributed by atoms with Crippen molar-refractivity contribution >= 4 is 5.97 Å². The molecule has 70 valence electrons. The summed E-state index contributed by atoms with van der Waals surface area (Å²) < 4.78 is 4.70. The third-order valence-electron chi connectivity index (χ3n) is 2.07. The minimum absolute atomic E-state index is 0.255. The van der Waals surface area contributed by atoms with E-state index in [1.165, 1.54) is 12.7 Å². The molecule has 1 aromatic carbocycles. The van der Waals surface area contributed by atoms with E-state index in [9.17, 15) is 4.79 Å². The van der Waals surface area contributed by atoms with E-state index in [0.29, 0.717) is 5.56 Å². The average molecular weight is 178 g/mol. The number of rotatable bonds is 1. The molecule has 1 rings (SSSR count). The summed E-state index contributed by atoms with van der Waals surface area (Å²) in [5, 5.41) is 0. The second kappa shape index (κ2) is 3.60. The first-order valence-electron chi connectivity index (χ1n) is 4.22. The Morgan fingerprint density at radius 2 is 1.62 bits per heavy atom. The normalized spacial score (nSPS) is 9.85. The third-order valence-corrected chi connectivity index (χ3v) is 2.07. The molecule has 1 aromatic rings. The number of ether oxygens (including phenoxy) is 1. The van der Waals surface area contributed by atoms with Crippen LogP contribution >= 0.6 is 0 Å². The maximum Gasteiger partial charge on any atom is 0.338 e. The summed E-state index contributed by atoms with van der Waals surface area (Å²) in [6, 6.07) is 3.97. The van der Waals surface area contributed by atoms with E-state index in [1.54, 1.807) is 0 Å². The molecular weight excluding hydrogens is 164 g/mol. The van der Waals surface area contributed by atoms with Gasteiger partial charge in [0.2, 0.25) is 0 Å². The van der Waals surface area contributed by atoms with Crippen LogP contribution in [0.2, 0.25) is 0 Å². The maximum absolute atomic E-state index is 11.3. The van der Waals surface area contributed by atoms with Crippen LogP contribution in [-0.2, 0) is 4.74 Å². The maximum atomic E-state index is 11.3. The fourth-order valence-electron chi connectivity index (χ4n) is 1.60. The number of benzene rings is 1. The molecule has 0 spiro atoms. The fourth-order valence-corrected chi connectivity index (χ4v) is 1.60. The molecule has 2 heteroatoms. The molecule has 0 aliphatic carbocycles. The zero-order chi connectivity index (χ0) is 10.0. The number of carbonyl (C=O) groups is 1.